The van der Waals surface area contributed by atoms with Crippen molar-refractivity contribution in [3.8, 4) is 0 Å². The second-order valence-electron chi connectivity index (χ2n) is 3.83. The molecule has 0 atom stereocenters. The molecule has 0 aromatic carbocycles. The second kappa shape index (κ2) is 11.6. The average Bonchev–Trinajstić information content (AvgIpc) is 2.10. The van der Waals surface area contributed by atoms with Gasteiger partial charge in [-0.1, -0.05) is 6.82 Å². The van der Waals surface area contributed by atoms with Gasteiger partial charge in [0, 0.05) is 28.2 Å². The summed E-state index contributed by atoms with van der Waals surface area (Å²) in [6.07, 6.45) is 2.85. The summed E-state index contributed by atoms with van der Waals surface area (Å²) in [6.45, 7) is 2.28. The average molecular weight is 150 g/mol. The van der Waals surface area contributed by atoms with Crippen LogP contribution in [-0.2, 0) is 0 Å². The predicted molar refractivity (Wildman–Crippen MR) is 81.2 cm³/mol. The van der Waals surface area contributed by atoms with Crippen molar-refractivity contribution in [1.82, 2.24) is 0 Å². The lowest BCUT2D eigenvalue weighted by atomic mass is 9.02. The minimum atomic E-state index is 1.37. The van der Waals surface area contributed by atoms with Crippen LogP contribution in [0.25, 0.3) is 0 Å². The van der Waals surface area contributed by atoms with Crippen molar-refractivity contribution < 1.29 is 0 Å². The van der Waals surface area contributed by atoms with E-state index in [0.717, 1.165) is 0 Å². The first kappa shape index (κ1) is 12.6. The molecule has 0 unspecified atom stereocenters. The molecule has 0 aliphatic carbocycles. The van der Waals surface area contributed by atoms with Crippen molar-refractivity contribution in [3.63, 3.8) is 0 Å². The van der Waals surface area contributed by atoms with Gasteiger partial charge in [-0.2, -0.15) is 0 Å². The van der Waals surface area contributed by atoms with E-state index in [0.29, 0.717) is 0 Å². The van der Waals surface area contributed by atoms with Crippen LogP contribution in [0.5, 0.6) is 0 Å². The highest BCUT2D eigenvalue weighted by Gasteiger charge is 1.98. The first-order valence-corrected chi connectivity index (χ1v) is 5.91. The van der Waals surface area contributed by atoms with E-state index in [1.165, 1.54) is 69.4 Å². The van der Waals surface area contributed by atoms with Gasteiger partial charge in [-0.25, -0.2) is 0 Å². The Hall–Kier alpha value is 0.584. The van der Waals surface area contributed by atoms with Crippen LogP contribution < -0.4 is 0 Å². The van der Waals surface area contributed by atoms with Gasteiger partial charge < -0.3 is 0 Å². The Kier molecular flexibility index (Phi) is 12.1. The summed E-state index contributed by atoms with van der Waals surface area (Å²) in [4.78, 5) is 0. The quantitative estimate of drug-likeness (QED) is 0.229. The van der Waals surface area contributed by atoms with Crippen LogP contribution in [0, 0.1) is 0 Å². The van der Waals surface area contributed by atoms with E-state index in [1.807, 2.05) is 0 Å². The molecule has 0 aliphatic heterocycles. The molecule has 0 amide bonds. The Morgan fingerprint density at radius 3 is 2.08 bits per heavy atom. The zero-order chi connectivity index (χ0) is 9.07. The Morgan fingerprint density at radius 2 is 1.50 bits per heavy atom. The highest BCUT2D eigenvalue weighted by atomic mass is 13.2. The zero-order valence-electron chi connectivity index (χ0n) is 9.07. The Bertz CT molecular complexity index is 66.2. The van der Waals surface area contributed by atoms with E-state index >= 15 is 0 Å². The van der Waals surface area contributed by atoms with E-state index in [4.69, 9.17) is 0 Å². The maximum Gasteiger partial charge on any atom is 0.0921 e. The molecule has 12 heavy (non-hydrogen) atoms. The third kappa shape index (κ3) is 10.6. The third-order valence-electron chi connectivity index (χ3n) is 2.46. The summed E-state index contributed by atoms with van der Waals surface area (Å²) in [5.41, 5.74) is 0. The number of hydrogen-bond acceptors (Lipinski definition) is 0. The van der Waals surface area contributed by atoms with Crippen LogP contribution in [-0.4, -0.2) is 64.8 Å². The van der Waals surface area contributed by atoms with Gasteiger partial charge in [-0.3, -0.25) is 0 Å². The highest BCUT2D eigenvalue weighted by Crippen LogP contribution is 1.72. The van der Waals surface area contributed by atoms with Crippen molar-refractivity contribution in [2.45, 2.75) is 19.3 Å². The van der Waals surface area contributed by atoms with Gasteiger partial charge in [-0.15, -0.1) is 12.4 Å². The van der Waals surface area contributed by atoms with E-state index in [9.17, 15) is 0 Å². The zero-order valence-corrected chi connectivity index (χ0v) is 9.07. The molecule has 0 aromatic rings. The fourth-order valence-corrected chi connectivity index (χ4v) is 1.56. The smallest absolute Gasteiger partial charge is 0.0921 e. The van der Waals surface area contributed by atoms with Gasteiger partial charge in [0.15, 0.2) is 0 Å². The van der Waals surface area contributed by atoms with Crippen molar-refractivity contribution in [2.75, 3.05) is 0 Å². The van der Waals surface area contributed by atoms with Crippen molar-refractivity contribution in [2.24, 2.45) is 0 Å². The molecule has 0 saturated heterocycles. The predicted octanol–water partition coefficient (Wildman–Crippen LogP) is -4.60. The van der Waals surface area contributed by atoms with Gasteiger partial charge in [0.25, 0.3) is 0 Å². The van der Waals surface area contributed by atoms with Gasteiger partial charge in [0.2, 0.25) is 0 Å². The highest BCUT2D eigenvalue weighted by molar-refractivity contribution is 7.48. The Labute approximate surface area is 84.4 Å². The topological polar surface area (TPSA) is 0 Å². The van der Waals surface area contributed by atoms with Gasteiger partial charge in [-0.05, 0) is 0 Å². The van der Waals surface area contributed by atoms with E-state index in [2.05, 4.69) is 14.7 Å². The molecule has 0 rings (SSSR count). The summed E-state index contributed by atoms with van der Waals surface area (Å²) in [6, 6.07) is 0. The molecule has 9 heteroatoms. The Balaban J connectivity index is 2.73. The SMILES string of the molecule is BCBBBBCBBBBC. The Morgan fingerprint density at radius 1 is 0.917 bits per heavy atom. The lowest BCUT2D eigenvalue weighted by molar-refractivity contribution is 2.10. The van der Waals surface area contributed by atoms with Crippen LogP contribution in [0.2, 0.25) is 19.3 Å². The van der Waals surface area contributed by atoms with Crippen LogP contribution in [0.1, 0.15) is 0 Å². The molecular formula is C3H17B9. The van der Waals surface area contributed by atoms with Gasteiger partial charge in [0.05, 0.1) is 36.5 Å². The van der Waals surface area contributed by atoms with Crippen molar-refractivity contribution >= 4 is 64.8 Å². The first-order chi connectivity index (χ1) is 5.91. The van der Waals surface area contributed by atoms with E-state index in [1.54, 1.807) is 0 Å². The first-order valence-electron chi connectivity index (χ1n) is 5.91. The normalized spacial score (nSPS) is 7.75. The van der Waals surface area contributed by atoms with Crippen LogP contribution in [0.15, 0.2) is 0 Å². The maximum atomic E-state index is 2.28. The number of rotatable bonds is 9. The van der Waals surface area contributed by atoms with E-state index < -0.39 is 0 Å². The summed E-state index contributed by atoms with van der Waals surface area (Å²) in [5, 5.41) is 0. The molecule has 0 bridgehead atoms. The summed E-state index contributed by atoms with van der Waals surface area (Å²) >= 11 is 0. The molecule has 0 aliphatic rings. The molecule has 0 heterocycles. The molecule has 0 N–H and O–H groups in total. The lowest BCUT2D eigenvalue weighted by Crippen LogP contribution is -2.23. The molecule has 0 spiro atoms. The molecule has 0 nitrogen and oxygen atoms in total. The van der Waals surface area contributed by atoms with Gasteiger partial charge in [0.1, 0.15) is 0 Å². The van der Waals surface area contributed by atoms with E-state index in [-0.39, 0.29) is 0 Å². The standard InChI is InChI=1S/C3H17B9/c1-5-9-11-7-3-8-12-10-6-2-4/h5-12H,2-4H2,1H3. The molecule has 0 saturated carbocycles. The molecule has 0 aromatic heterocycles. The van der Waals surface area contributed by atoms with Crippen molar-refractivity contribution in [1.29, 1.82) is 0 Å². The fraction of sp³-hybridized carbons (Fsp3) is 1.00. The minimum Gasteiger partial charge on any atom is -0.115 e. The summed E-state index contributed by atoms with van der Waals surface area (Å²) < 4.78 is 0. The number of hydrogen-bond donors (Lipinski definition) is 0. The van der Waals surface area contributed by atoms with Crippen molar-refractivity contribution in [3.05, 3.63) is 0 Å². The van der Waals surface area contributed by atoms with Crippen LogP contribution in [0.3, 0.4) is 0 Å². The third-order valence-corrected chi connectivity index (χ3v) is 2.46. The maximum absolute atomic E-state index is 2.28. The summed E-state index contributed by atoms with van der Waals surface area (Å²) in [7, 11) is 13.9. The summed E-state index contributed by atoms with van der Waals surface area (Å²) in [5.74, 6) is 0. The monoisotopic (exact) mass is 152 g/mol. The second-order valence-corrected chi connectivity index (χ2v) is 3.83. The molecule has 0 radical (unpaired) electrons. The minimum absolute atomic E-state index is 1.37. The largest absolute Gasteiger partial charge is 0.115 e. The molecular weight excluding hydrogens is 133 g/mol. The molecule has 0 fully saturated rings. The van der Waals surface area contributed by atoms with Crippen LogP contribution in [0.4, 0.5) is 0 Å². The lowest BCUT2D eigenvalue weighted by Gasteiger charge is -1.92. The van der Waals surface area contributed by atoms with Crippen LogP contribution >= 0.6 is 0 Å². The fourth-order valence-electron chi connectivity index (χ4n) is 1.56. The molecule has 56 valence electrons. The van der Waals surface area contributed by atoms with Gasteiger partial charge >= 0.3 is 0 Å².